The van der Waals surface area contributed by atoms with Crippen LogP contribution in [0.1, 0.15) is 23.2 Å². The Morgan fingerprint density at radius 2 is 1.83 bits per heavy atom. The number of ether oxygens (including phenoxy) is 1. The number of carbonyl (C=O) groups is 1. The van der Waals surface area contributed by atoms with Gasteiger partial charge in [0.25, 0.3) is 10.0 Å². The average Bonchev–Trinajstić information content (AvgIpc) is 3.39. The first-order chi connectivity index (χ1) is 11.4. The van der Waals surface area contributed by atoms with Crippen LogP contribution in [-0.4, -0.2) is 21.3 Å². The number of benzene rings is 2. The van der Waals surface area contributed by atoms with Gasteiger partial charge in [0.05, 0.1) is 17.7 Å². The molecular formula is C17H16ClNO4S. The molecule has 5 nitrogen and oxygen atoms in total. The third-order valence-electron chi connectivity index (χ3n) is 3.80. The maximum atomic E-state index is 12.5. The molecule has 0 aromatic heterocycles. The van der Waals surface area contributed by atoms with Gasteiger partial charge in [-0.1, -0.05) is 23.7 Å². The van der Waals surface area contributed by atoms with Gasteiger partial charge in [0.15, 0.2) is 5.78 Å². The molecule has 2 aromatic carbocycles. The molecule has 0 unspecified atom stereocenters. The number of Topliss-reactive ketones (excluding diaryl/α,β-unsaturated/α-hetero) is 1. The van der Waals surface area contributed by atoms with E-state index >= 15 is 0 Å². The highest BCUT2D eigenvalue weighted by Crippen LogP contribution is 2.33. The summed E-state index contributed by atoms with van der Waals surface area (Å²) >= 11 is 5.91. The van der Waals surface area contributed by atoms with E-state index in [1.807, 2.05) is 0 Å². The lowest BCUT2D eigenvalue weighted by Gasteiger charge is -2.12. The summed E-state index contributed by atoms with van der Waals surface area (Å²) in [6, 6.07) is 10.6. The molecule has 1 N–H and O–H groups in total. The zero-order chi connectivity index (χ0) is 17.3. The number of rotatable bonds is 6. The Morgan fingerprint density at radius 3 is 2.42 bits per heavy atom. The van der Waals surface area contributed by atoms with E-state index in [0.29, 0.717) is 16.3 Å². The summed E-state index contributed by atoms with van der Waals surface area (Å²) in [7, 11) is -2.37. The molecule has 3 rings (SSSR count). The minimum absolute atomic E-state index is 0.0666. The lowest BCUT2D eigenvalue weighted by Crippen LogP contribution is -2.14. The van der Waals surface area contributed by atoms with Crippen LogP contribution < -0.4 is 9.46 Å². The van der Waals surface area contributed by atoms with Crippen LogP contribution in [0.2, 0.25) is 5.02 Å². The highest BCUT2D eigenvalue weighted by molar-refractivity contribution is 7.92. The van der Waals surface area contributed by atoms with E-state index in [1.165, 1.54) is 25.3 Å². The Hall–Kier alpha value is -2.05. The quantitative estimate of drug-likeness (QED) is 0.791. The van der Waals surface area contributed by atoms with E-state index in [0.717, 1.165) is 12.8 Å². The number of sulfonamides is 1. The Bertz CT molecular complexity index is 874. The molecule has 1 saturated carbocycles. The van der Waals surface area contributed by atoms with Crippen molar-refractivity contribution < 1.29 is 17.9 Å². The maximum Gasteiger partial charge on any atom is 0.262 e. The lowest BCUT2D eigenvalue weighted by atomic mass is 10.1. The Kier molecular flexibility index (Phi) is 4.51. The molecule has 2 aromatic rings. The summed E-state index contributed by atoms with van der Waals surface area (Å²) in [5, 5.41) is 0.388. The van der Waals surface area contributed by atoms with Crippen molar-refractivity contribution in [3.05, 3.63) is 53.1 Å². The first kappa shape index (κ1) is 16.8. The smallest absolute Gasteiger partial charge is 0.262 e. The van der Waals surface area contributed by atoms with Crippen molar-refractivity contribution in [2.75, 3.05) is 11.8 Å². The summed E-state index contributed by atoms with van der Waals surface area (Å²) in [6.07, 6.45) is 1.82. The van der Waals surface area contributed by atoms with Gasteiger partial charge < -0.3 is 4.74 Å². The Morgan fingerprint density at radius 1 is 1.17 bits per heavy atom. The van der Waals surface area contributed by atoms with Crippen molar-refractivity contribution in [2.24, 2.45) is 5.92 Å². The van der Waals surface area contributed by atoms with Crippen LogP contribution in [0.25, 0.3) is 0 Å². The van der Waals surface area contributed by atoms with Crippen molar-refractivity contribution in [3.8, 4) is 5.75 Å². The zero-order valence-electron chi connectivity index (χ0n) is 13.0. The average molecular weight is 366 g/mol. The van der Waals surface area contributed by atoms with Crippen molar-refractivity contribution in [1.29, 1.82) is 0 Å². The molecule has 1 aliphatic carbocycles. The molecule has 126 valence electrons. The predicted octanol–water partition coefficient (Wildman–Crippen LogP) is 3.74. The number of carbonyl (C=O) groups excluding carboxylic acids is 1. The summed E-state index contributed by atoms with van der Waals surface area (Å²) in [5.41, 5.74) is 0.792. The van der Waals surface area contributed by atoms with E-state index in [9.17, 15) is 13.2 Å². The molecule has 0 bridgehead atoms. The molecule has 0 amide bonds. The molecular weight excluding hydrogens is 350 g/mol. The van der Waals surface area contributed by atoms with Gasteiger partial charge in [-0.15, -0.1) is 0 Å². The lowest BCUT2D eigenvalue weighted by molar-refractivity contribution is 0.0967. The van der Waals surface area contributed by atoms with Crippen LogP contribution in [0.4, 0.5) is 5.69 Å². The highest BCUT2D eigenvalue weighted by atomic mass is 35.5. The van der Waals surface area contributed by atoms with Crippen LogP contribution in [-0.2, 0) is 10.0 Å². The number of anilines is 1. The second-order valence-electron chi connectivity index (χ2n) is 5.61. The SMILES string of the molecule is COc1ccc(Cl)cc1NS(=O)(=O)c1ccc(C(=O)C2CC2)cc1. The van der Waals surface area contributed by atoms with Gasteiger partial charge in [0.1, 0.15) is 5.75 Å². The number of nitrogens with one attached hydrogen (secondary N) is 1. The standard InChI is InChI=1S/C17H16ClNO4S/c1-23-16-9-6-13(18)10-15(16)19-24(21,22)14-7-4-12(5-8-14)17(20)11-2-3-11/h4-11,19H,2-3H2,1H3. The number of halogens is 1. The van der Waals surface area contributed by atoms with Crippen molar-refractivity contribution in [1.82, 2.24) is 0 Å². The summed E-state index contributed by atoms with van der Waals surface area (Å²) in [5.74, 6) is 0.535. The second kappa shape index (κ2) is 6.45. The molecule has 0 radical (unpaired) electrons. The van der Waals surface area contributed by atoms with Crippen molar-refractivity contribution in [3.63, 3.8) is 0 Å². The largest absolute Gasteiger partial charge is 0.495 e. The molecule has 0 spiro atoms. The Labute approximate surface area is 145 Å². The van der Waals surface area contributed by atoms with E-state index in [4.69, 9.17) is 16.3 Å². The number of hydrogen-bond acceptors (Lipinski definition) is 4. The minimum atomic E-state index is -3.81. The fourth-order valence-corrected chi connectivity index (χ4v) is 3.58. The number of methoxy groups -OCH3 is 1. The van der Waals surface area contributed by atoms with Crippen LogP contribution in [0.15, 0.2) is 47.4 Å². The summed E-state index contributed by atoms with van der Waals surface area (Å²) < 4.78 is 32.6. The van der Waals surface area contributed by atoms with Crippen molar-refractivity contribution >= 4 is 33.1 Å². The van der Waals surface area contributed by atoms with Gasteiger partial charge in [0, 0.05) is 16.5 Å². The van der Waals surface area contributed by atoms with Gasteiger partial charge in [-0.25, -0.2) is 8.42 Å². The van der Waals surface area contributed by atoms with Gasteiger partial charge in [-0.3, -0.25) is 9.52 Å². The first-order valence-electron chi connectivity index (χ1n) is 7.41. The van der Waals surface area contributed by atoms with Crippen LogP contribution in [0.3, 0.4) is 0 Å². The van der Waals surface area contributed by atoms with Gasteiger partial charge in [0.2, 0.25) is 0 Å². The predicted molar refractivity (Wildman–Crippen MR) is 92.3 cm³/mol. The highest BCUT2D eigenvalue weighted by Gasteiger charge is 2.30. The van der Waals surface area contributed by atoms with E-state index in [1.54, 1.807) is 24.3 Å². The van der Waals surface area contributed by atoms with E-state index in [2.05, 4.69) is 4.72 Å². The minimum Gasteiger partial charge on any atom is -0.495 e. The molecule has 0 aliphatic heterocycles. The fraction of sp³-hybridized carbons (Fsp3) is 0.235. The maximum absolute atomic E-state index is 12.5. The monoisotopic (exact) mass is 365 g/mol. The second-order valence-corrected chi connectivity index (χ2v) is 7.73. The zero-order valence-corrected chi connectivity index (χ0v) is 14.5. The van der Waals surface area contributed by atoms with Gasteiger partial charge in [-0.05, 0) is 43.2 Å². The third kappa shape index (κ3) is 3.55. The Balaban J connectivity index is 1.85. The molecule has 1 aliphatic rings. The fourth-order valence-electron chi connectivity index (χ4n) is 2.34. The van der Waals surface area contributed by atoms with Crippen LogP contribution in [0.5, 0.6) is 5.75 Å². The first-order valence-corrected chi connectivity index (χ1v) is 9.27. The third-order valence-corrected chi connectivity index (χ3v) is 5.42. The van der Waals surface area contributed by atoms with Crippen molar-refractivity contribution in [2.45, 2.75) is 17.7 Å². The van der Waals surface area contributed by atoms with E-state index in [-0.39, 0.29) is 22.3 Å². The molecule has 1 fully saturated rings. The number of hydrogen-bond donors (Lipinski definition) is 1. The van der Waals surface area contributed by atoms with Crippen LogP contribution in [0, 0.1) is 5.92 Å². The number of ketones is 1. The van der Waals surface area contributed by atoms with E-state index < -0.39 is 10.0 Å². The summed E-state index contributed by atoms with van der Waals surface area (Å²) in [6.45, 7) is 0. The summed E-state index contributed by atoms with van der Waals surface area (Å²) in [4.78, 5) is 12.1. The molecule has 7 heteroatoms. The molecule has 0 heterocycles. The molecule has 0 saturated heterocycles. The normalized spacial score (nSPS) is 14.2. The van der Waals surface area contributed by atoms with Crippen LogP contribution >= 0.6 is 11.6 Å². The van der Waals surface area contributed by atoms with Gasteiger partial charge >= 0.3 is 0 Å². The molecule has 24 heavy (non-hydrogen) atoms. The molecule has 0 atom stereocenters. The topological polar surface area (TPSA) is 72.5 Å². The van der Waals surface area contributed by atoms with Gasteiger partial charge in [-0.2, -0.15) is 0 Å².